The van der Waals surface area contributed by atoms with Crippen molar-refractivity contribution in [1.82, 2.24) is 4.98 Å². The van der Waals surface area contributed by atoms with E-state index < -0.39 is 5.97 Å². The Morgan fingerprint density at radius 3 is 2.53 bits per heavy atom. The monoisotopic (exact) mass is 256 g/mol. The van der Waals surface area contributed by atoms with E-state index in [1.165, 1.54) is 11.3 Å². The molecule has 0 radical (unpaired) electrons. The van der Waals surface area contributed by atoms with Gasteiger partial charge in [-0.1, -0.05) is 0 Å². The summed E-state index contributed by atoms with van der Waals surface area (Å²) in [6, 6.07) is 0. The highest BCUT2D eigenvalue weighted by Gasteiger charge is 2.26. The first-order valence-corrected chi connectivity index (χ1v) is 6.40. The second-order valence-electron chi connectivity index (χ2n) is 4.37. The third kappa shape index (κ3) is 2.58. The molecular weight excluding hydrogens is 240 g/mol. The van der Waals surface area contributed by atoms with Crippen LogP contribution in [0, 0.1) is 6.92 Å². The summed E-state index contributed by atoms with van der Waals surface area (Å²) < 4.78 is 5.64. The van der Waals surface area contributed by atoms with Crippen LogP contribution in [-0.2, 0) is 4.74 Å². The zero-order valence-electron chi connectivity index (χ0n) is 10.1. The number of carboxylic acids is 1. The molecule has 5 nitrogen and oxygen atoms in total. The average Bonchev–Trinajstić information content (AvgIpc) is 2.59. The lowest BCUT2D eigenvalue weighted by atomic mass is 10.2. The smallest absolute Gasteiger partial charge is 0.355 e. The summed E-state index contributed by atoms with van der Waals surface area (Å²) in [5, 5.41) is 9.76. The van der Waals surface area contributed by atoms with E-state index in [1.54, 1.807) is 6.92 Å². The van der Waals surface area contributed by atoms with Gasteiger partial charge in [-0.2, -0.15) is 0 Å². The Labute approximate surface area is 104 Å². The van der Waals surface area contributed by atoms with Gasteiger partial charge in [-0.25, -0.2) is 9.78 Å². The van der Waals surface area contributed by atoms with Gasteiger partial charge in [0.05, 0.1) is 12.2 Å². The Morgan fingerprint density at radius 2 is 2.06 bits per heavy atom. The number of hydrogen-bond acceptors (Lipinski definition) is 5. The summed E-state index contributed by atoms with van der Waals surface area (Å²) in [5.74, 6) is -0.959. The van der Waals surface area contributed by atoms with Crippen molar-refractivity contribution in [1.29, 1.82) is 0 Å². The molecule has 0 bridgehead atoms. The minimum absolute atomic E-state index is 0.149. The molecule has 0 amide bonds. The first-order chi connectivity index (χ1) is 7.97. The van der Waals surface area contributed by atoms with Gasteiger partial charge in [0.25, 0.3) is 0 Å². The summed E-state index contributed by atoms with van der Waals surface area (Å²) >= 11 is 1.43. The first-order valence-electron chi connectivity index (χ1n) is 5.58. The molecule has 1 fully saturated rings. The number of carbonyl (C=O) groups is 1. The third-order valence-electron chi connectivity index (χ3n) is 2.68. The van der Waals surface area contributed by atoms with Crippen molar-refractivity contribution < 1.29 is 14.6 Å². The van der Waals surface area contributed by atoms with Gasteiger partial charge in [0.2, 0.25) is 0 Å². The fourth-order valence-corrected chi connectivity index (χ4v) is 2.97. The van der Waals surface area contributed by atoms with Crippen molar-refractivity contribution in [3.63, 3.8) is 0 Å². The van der Waals surface area contributed by atoms with Crippen LogP contribution in [0.25, 0.3) is 0 Å². The molecule has 0 spiro atoms. The van der Waals surface area contributed by atoms with Crippen molar-refractivity contribution >= 4 is 22.4 Å². The standard InChI is InChI=1S/C11H16N2O3S/c1-6-4-13(5-7(2)16-6)11-12-9(10(14)15)8(3)17-11/h6-7H,4-5H2,1-3H3,(H,14,15)/t6-,7+. The Bertz CT molecular complexity index is 422. The number of nitrogens with zero attached hydrogens (tertiary/aromatic N) is 2. The van der Waals surface area contributed by atoms with Gasteiger partial charge in [0.15, 0.2) is 10.8 Å². The van der Waals surface area contributed by atoms with E-state index in [4.69, 9.17) is 9.84 Å². The maximum Gasteiger partial charge on any atom is 0.355 e. The van der Waals surface area contributed by atoms with Crippen LogP contribution < -0.4 is 4.90 Å². The first kappa shape index (κ1) is 12.3. The number of aromatic carboxylic acids is 1. The number of ether oxygens (including phenoxy) is 1. The molecule has 2 atom stereocenters. The normalized spacial score (nSPS) is 25.0. The predicted molar refractivity (Wildman–Crippen MR) is 66.0 cm³/mol. The molecule has 2 heterocycles. The number of carboxylic acid groups (broad SMARTS) is 1. The van der Waals surface area contributed by atoms with Gasteiger partial charge < -0.3 is 14.7 Å². The van der Waals surface area contributed by atoms with Gasteiger partial charge in [-0.3, -0.25) is 0 Å². The van der Waals surface area contributed by atoms with Crippen molar-refractivity contribution in [2.24, 2.45) is 0 Å². The average molecular weight is 256 g/mol. The molecule has 6 heteroatoms. The van der Waals surface area contributed by atoms with Gasteiger partial charge in [-0.15, -0.1) is 11.3 Å². The topological polar surface area (TPSA) is 62.7 Å². The van der Waals surface area contributed by atoms with Crippen LogP contribution in [0.4, 0.5) is 5.13 Å². The fourth-order valence-electron chi connectivity index (χ4n) is 2.05. The van der Waals surface area contributed by atoms with Crippen LogP contribution >= 0.6 is 11.3 Å². The summed E-state index contributed by atoms with van der Waals surface area (Å²) in [6.45, 7) is 7.34. The minimum Gasteiger partial charge on any atom is -0.476 e. The molecule has 0 aliphatic carbocycles. The molecule has 1 N–H and O–H groups in total. The van der Waals surface area contributed by atoms with Crippen molar-refractivity contribution in [2.45, 2.75) is 33.0 Å². The summed E-state index contributed by atoms with van der Waals surface area (Å²) in [6.07, 6.45) is 0.299. The zero-order valence-corrected chi connectivity index (χ0v) is 11.0. The lowest BCUT2D eigenvalue weighted by Crippen LogP contribution is -2.45. The van der Waals surface area contributed by atoms with Crippen LogP contribution in [0.1, 0.15) is 29.2 Å². The van der Waals surface area contributed by atoms with E-state index in [9.17, 15) is 4.79 Å². The molecular formula is C11H16N2O3S. The second kappa shape index (κ2) is 4.62. The lowest BCUT2D eigenvalue weighted by Gasteiger charge is -2.35. The molecule has 1 aliphatic rings. The number of thiazole rings is 1. The number of morpholine rings is 1. The summed E-state index contributed by atoms with van der Waals surface area (Å²) in [5.41, 5.74) is 0.164. The van der Waals surface area contributed by atoms with Crippen LogP contribution in [0.5, 0.6) is 0 Å². The second-order valence-corrected chi connectivity index (χ2v) is 5.55. The van der Waals surface area contributed by atoms with E-state index in [1.807, 2.05) is 13.8 Å². The maximum absolute atomic E-state index is 10.9. The molecule has 1 saturated heterocycles. The van der Waals surface area contributed by atoms with E-state index >= 15 is 0 Å². The van der Waals surface area contributed by atoms with E-state index in [2.05, 4.69) is 9.88 Å². The van der Waals surface area contributed by atoms with Crippen molar-refractivity contribution in [2.75, 3.05) is 18.0 Å². The molecule has 1 aromatic rings. The Kier molecular flexibility index (Phi) is 3.35. The molecule has 1 aliphatic heterocycles. The lowest BCUT2D eigenvalue weighted by molar-refractivity contribution is -0.00522. The van der Waals surface area contributed by atoms with Crippen molar-refractivity contribution in [3.8, 4) is 0 Å². The number of hydrogen-bond donors (Lipinski definition) is 1. The number of aryl methyl sites for hydroxylation is 1. The predicted octanol–water partition coefficient (Wildman–Crippen LogP) is 1.76. The van der Waals surface area contributed by atoms with E-state index in [-0.39, 0.29) is 17.9 Å². The van der Waals surface area contributed by atoms with Crippen LogP contribution in [-0.4, -0.2) is 41.4 Å². The molecule has 17 heavy (non-hydrogen) atoms. The van der Waals surface area contributed by atoms with Gasteiger partial charge in [-0.05, 0) is 20.8 Å². The Morgan fingerprint density at radius 1 is 1.47 bits per heavy atom. The van der Waals surface area contributed by atoms with Crippen LogP contribution in [0.15, 0.2) is 0 Å². The quantitative estimate of drug-likeness (QED) is 0.873. The molecule has 0 aromatic carbocycles. The number of anilines is 1. The van der Waals surface area contributed by atoms with Crippen molar-refractivity contribution in [3.05, 3.63) is 10.6 Å². The van der Waals surface area contributed by atoms with E-state index in [0.717, 1.165) is 23.1 Å². The van der Waals surface area contributed by atoms with E-state index in [0.29, 0.717) is 0 Å². The molecule has 1 aromatic heterocycles. The SMILES string of the molecule is Cc1sc(N2C[C@@H](C)O[C@@H](C)C2)nc1C(=O)O. The Hall–Kier alpha value is -1.14. The zero-order chi connectivity index (χ0) is 12.6. The number of aromatic nitrogens is 1. The highest BCUT2D eigenvalue weighted by atomic mass is 32.1. The molecule has 0 saturated carbocycles. The molecule has 0 unspecified atom stereocenters. The maximum atomic E-state index is 10.9. The largest absolute Gasteiger partial charge is 0.476 e. The van der Waals surface area contributed by atoms with Gasteiger partial charge in [0.1, 0.15) is 0 Å². The fraction of sp³-hybridized carbons (Fsp3) is 0.636. The summed E-state index contributed by atoms with van der Waals surface area (Å²) in [4.78, 5) is 18.0. The van der Waals surface area contributed by atoms with Crippen LogP contribution in [0.3, 0.4) is 0 Å². The van der Waals surface area contributed by atoms with Crippen LogP contribution in [0.2, 0.25) is 0 Å². The van der Waals surface area contributed by atoms with Gasteiger partial charge >= 0.3 is 5.97 Å². The molecule has 94 valence electrons. The highest BCUT2D eigenvalue weighted by Crippen LogP contribution is 2.28. The third-order valence-corrected chi connectivity index (χ3v) is 3.71. The van der Waals surface area contributed by atoms with Gasteiger partial charge in [0, 0.05) is 18.0 Å². The highest BCUT2D eigenvalue weighted by molar-refractivity contribution is 7.15. The Balaban J connectivity index is 2.22. The minimum atomic E-state index is -0.959. The summed E-state index contributed by atoms with van der Waals surface area (Å²) in [7, 11) is 0. The number of rotatable bonds is 2. The molecule has 2 rings (SSSR count).